The molecule has 0 aromatic rings. The fourth-order valence-corrected chi connectivity index (χ4v) is 2.37. The second kappa shape index (κ2) is 9.34. The Morgan fingerprint density at radius 1 is 1.33 bits per heavy atom. The van der Waals surface area contributed by atoms with Crippen LogP contribution in [-0.2, 0) is 4.79 Å². The number of nitrogens with zero attached hydrogens (tertiary/aromatic N) is 1. The summed E-state index contributed by atoms with van der Waals surface area (Å²) in [6.45, 7) is 10.2. The van der Waals surface area contributed by atoms with Crippen LogP contribution in [0.2, 0.25) is 0 Å². The van der Waals surface area contributed by atoms with E-state index in [-0.39, 0.29) is 5.91 Å². The van der Waals surface area contributed by atoms with E-state index in [1.54, 1.807) is 0 Å². The molecule has 1 heterocycles. The van der Waals surface area contributed by atoms with Crippen molar-refractivity contribution < 1.29 is 4.79 Å². The summed E-state index contributed by atoms with van der Waals surface area (Å²) >= 11 is 0. The van der Waals surface area contributed by atoms with Crippen molar-refractivity contribution >= 4 is 5.91 Å². The SMILES string of the molecule is CCCCNC(=O)CNCC(C)CN1CCCC1. The molecule has 1 amide bonds. The maximum absolute atomic E-state index is 11.5. The molecule has 1 rings (SSSR count). The van der Waals surface area contributed by atoms with Crippen molar-refractivity contribution in [3.05, 3.63) is 0 Å². The van der Waals surface area contributed by atoms with Gasteiger partial charge in [-0.05, 0) is 44.8 Å². The molecule has 0 bridgehead atoms. The lowest BCUT2D eigenvalue weighted by Crippen LogP contribution is -2.38. The van der Waals surface area contributed by atoms with Gasteiger partial charge in [-0.2, -0.15) is 0 Å². The molecule has 106 valence electrons. The average molecular weight is 255 g/mol. The van der Waals surface area contributed by atoms with Crippen LogP contribution in [0.5, 0.6) is 0 Å². The van der Waals surface area contributed by atoms with Crippen molar-refractivity contribution in [2.45, 2.75) is 39.5 Å². The molecule has 1 fully saturated rings. The number of rotatable bonds is 9. The standard InChI is InChI=1S/C14H29N3O/c1-3-4-7-16-14(18)11-15-10-13(2)12-17-8-5-6-9-17/h13,15H,3-12H2,1-2H3,(H,16,18). The molecule has 1 saturated heterocycles. The van der Waals surface area contributed by atoms with Crippen molar-refractivity contribution in [3.8, 4) is 0 Å². The molecule has 0 aromatic heterocycles. The molecule has 1 atom stereocenters. The summed E-state index contributed by atoms with van der Waals surface area (Å²) in [7, 11) is 0. The minimum Gasteiger partial charge on any atom is -0.355 e. The van der Waals surface area contributed by atoms with Gasteiger partial charge in [0.05, 0.1) is 6.54 Å². The Hall–Kier alpha value is -0.610. The Balaban J connectivity index is 1.97. The van der Waals surface area contributed by atoms with E-state index in [1.165, 1.54) is 25.9 Å². The molecule has 0 saturated carbocycles. The first-order valence-corrected chi connectivity index (χ1v) is 7.42. The van der Waals surface area contributed by atoms with Crippen LogP contribution in [0.15, 0.2) is 0 Å². The minimum atomic E-state index is 0.122. The first-order chi connectivity index (χ1) is 8.72. The van der Waals surface area contributed by atoms with Crippen molar-refractivity contribution in [1.82, 2.24) is 15.5 Å². The van der Waals surface area contributed by atoms with Gasteiger partial charge in [0.1, 0.15) is 0 Å². The second-order valence-electron chi connectivity index (χ2n) is 5.45. The lowest BCUT2D eigenvalue weighted by molar-refractivity contribution is -0.120. The Bertz CT molecular complexity index is 227. The number of amides is 1. The molecular weight excluding hydrogens is 226 g/mol. The predicted octanol–water partition coefficient (Wildman–Crippen LogP) is 1.22. The van der Waals surface area contributed by atoms with Crippen molar-refractivity contribution in [2.24, 2.45) is 5.92 Å². The van der Waals surface area contributed by atoms with Crippen LogP contribution >= 0.6 is 0 Å². The summed E-state index contributed by atoms with van der Waals surface area (Å²) in [6.07, 6.45) is 4.89. The molecule has 4 heteroatoms. The summed E-state index contributed by atoms with van der Waals surface area (Å²) < 4.78 is 0. The summed E-state index contributed by atoms with van der Waals surface area (Å²) in [5.74, 6) is 0.739. The highest BCUT2D eigenvalue weighted by Crippen LogP contribution is 2.09. The highest BCUT2D eigenvalue weighted by atomic mass is 16.1. The number of carbonyl (C=O) groups excluding carboxylic acids is 1. The summed E-state index contributed by atoms with van der Waals surface area (Å²) in [4.78, 5) is 14.0. The largest absolute Gasteiger partial charge is 0.355 e. The summed E-state index contributed by atoms with van der Waals surface area (Å²) in [5.41, 5.74) is 0. The fraction of sp³-hybridized carbons (Fsp3) is 0.929. The zero-order chi connectivity index (χ0) is 13.2. The zero-order valence-corrected chi connectivity index (χ0v) is 12.0. The molecule has 1 unspecified atom stereocenters. The summed E-state index contributed by atoms with van der Waals surface area (Å²) in [5, 5.41) is 6.17. The molecule has 0 aliphatic carbocycles. The van der Waals surface area contributed by atoms with Crippen LogP contribution in [0.25, 0.3) is 0 Å². The topological polar surface area (TPSA) is 44.4 Å². The minimum absolute atomic E-state index is 0.122. The number of likely N-dealkylation sites (tertiary alicyclic amines) is 1. The molecule has 0 aromatic carbocycles. The second-order valence-corrected chi connectivity index (χ2v) is 5.45. The van der Waals surface area contributed by atoms with Gasteiger partial charge in [-0.25, -0.2) is 0 Å². The lowest BCUT2D eigenvalue weighted by atomic mass is 10.1. The van der Waals surface area contributed by atoms with Crippen LogP contribution in [-0.4, -0.2) is 50.1 Å². The van der Waals surface area contributed by atoms with Crippen LogP contribution in [0.3, 0.4) is 0 Å². The van der Waals surface area contributed by atoms with Crippen molar-refractivity contribution in [3.63, 3.8) is 0 Å². The van der Waals surface area contributed by atoms with Gasteiger partial charge in [-0.3, -0.25) is 4.79 Å². The quantitative estimate of drug-likeness (QED) is 0.609. The van der Waals surface area contributed by atoms with E-state index in [2.05, 4.69) is 29.4 Å². The molecule has 0 spiro atoms. The Morgan fingerprint density at radius 3 is 2.72 bits per heavy atom. The van der Waals surface area contributed by atoms with Gasteiger partial charge in [-0.1, -0.05) is 20.3 Å². The predicted molar refractivity (Wildman–Crippen MR) is 75.6 cm³/mol. The third-order valence-electron chi connectivity index (χ3n) is 3.40. The zero-order valence-electron chi connectivity index (χ0n) is 12.0. The highest BCUT2D eigenvalue weighted by molar-refractivity contribution is 5.77. The first kappa shape index (κ1) is 15.4. The number of unbranched alkanes of at least 4 members (excludes halogenated alkanes) is 1. The maximum Gasteiger partial charge on any atom is 0.233 e. The van der Waals surface area contributed by atoms with Crippen molar-refractivity contribution in [1.29, 1.82) is 0 Å². The van der Waals surface area contributed by atoms with Gasteiger partial charge in [0.2, 0.25) is 5.91 Å². The molecule has 1 aliphatic heterocycles. The summed E-state index contributed by atoms with van der Waals surface area (Å²) in [6, 6.07) is 0. The third kappa shape index (κ3) is 6.97. The van der Waals surface area contributed by atoms with Crippen LogP contribution in [0.1, 0.15) is 39.5 Å². The number of nitrogens with one attached hydrogen (secondary N) is 2. The Morgan fingerprint density at radius 2 is 2.06 bits per heavy atom. The fourth-order valence-electron chi connectivity index (χ4n) is 2.37. The third-order valence-corrected chi connectivity index (χ3v) is 3.40. The van der Waals surface area contributed by atoms with E-state index in [9.17, 15) is 4.79 Å². The van der Waals surface area contributed by atoms with Gasteiger partial charge in [-0.15, -0.1) is 0 Å². The van der Waals surface area contributed by atoms with E-state index in [1.807, 2.05) is 0 Å². The van der Waals surface area contributed by atoms with Gasteiger partial charge >= 0.3 is 0 Å². The first-order valence-electron chi connectivity index (χ1n) is 7.42. The van der Waals surface area contributed by atoms with Crippen LogP contribution in [0, 0.1) is 5.92 Å². The van der Waals surface area contributed by atoms with E-state index in [0.29, 0.717) is 12.5 Å². The number of hydrogen-bond donors (Lipinski definition) is 2. The molecular formula is C14H29N3O. The normalized spacial score (nSPS) is 17.9. The molecule has 0 radical (unpaired) electrons. The van der Waals surface area contributed by atoms with E-state index in [0.717, 1.165) is 32.5 Å². The van der Waals surface area contributed by atoms with Crippen LogP contribution < -0.4 is 10.6 Å². The van der Waals surface area contributed by atoms with E-state index >= 15 is 0 Å². The van der Waals surface area contributed by atoms with Gasteiger partial charge < -0.3 is 15.5 Å². The molecule has 2 N–H and O–H groups in total. The van der Waals surface area contributed by atoms with Crippen LogP contribution in [0.4, 0.5) is 0 Å². The smallest absolute Gasteiger partial charge is 0.233 e. The Kier molecular flexibility index (Phi) is 8.01. The van der Waals surface area contributed by atoms with Crippen molar-refractivity contribution in [2.75, 3.05) is 39.3 Å². The monoisotopic (exact) mass is 255 g/mol. The molecule has 18 heavy (non-hydrogen) atoms. The highest BCUT2D eigenvalue weighted by Gasteiger charge is 2.14. The lowest BCUT2D eigenvalue weighted by Gasteiger charge is -2.20. The van der Waals surface area contributed by atoms with Gasteiger partial charge in [0, 0.05) is 13.1 Å². The molecule has 1 aliphatic rings. The van der Waals surface area contributed by atoms with Gasteiger partial charge in [0.25, 0.3) is 0 Å². The van der Waals surface area contributed by atoms with Gasteiger partial charge in [0.15, 0.2) is 0 Å². The number of hydrogen-bond acceptors (Lipinski definition) is 3. The average Bonchev–Trinajstić information content (AvgIpc) is 2.82. The van der Waals surface area contributed by atoms with E-state index < -0.39 is 0 Å². The number of carbonyl (C=O) groups is 1. The molecule has 4 nitrogen and oxygen atoms in total. The van der Waals surface area contributed by atoms with E-state index in [4.69, 9.17) is 0 Å². The Labute approximate surface area is 111 Å². The maximum atomic E-state index is 11.5.